The third-order valence-electron chi connectivity index (χ3n) is 1.55. The second-order valence-corrected chi connectivity index (χ2v) is 2.58. The number of hydrogen-bond acceptors (Lipinski definition) is 2. The molecule has 2 nitrogen and oxygen atoms in total. The van der Waals surface area contributed by atoms with E-state index in [9.17, 15) is 0 Å². The molecule has 0 radical (unpaired) electrons. The zero-order valence-corrected chi connectivity index (χ0v) is 8.66. The van der Waals surface area contributed by atoms with E-state index < -0.39 is 0 Å². The molecule has 0 saturated carbocycles. The minimum Gasteiger partial charge on any atom is -0.353 e. The topological polar surface area (TPSA) is 18.5 Å². The predicted molar refractivity (Wildman–Crippen MR) is 55.6 cm³/mol. The highest BCUT2D eigenvalue weighted by Gasteiger charge is 2.04. The third-order valence-corrected chi connectivity index (χ3v) is 1.55. The van der Waals surface area contributed by atoms with Gasteiger partial charge >= 0.3 is 0 Å². The maximum absolute atomic E-state index is 5.38. The lowest BCUT2D eigenvalue weighted by molar-refractivity contribution is -0.138. The number of allylic oxidation sites excluding steroid dienone is 3. The van der Waals surface area contributed by atoms with Gasteiger partial charge in [0.15, 0.2) is 6.29 Å². The monoisotopic (exact) mass is 184 g/mol. The Morgan fingerprint density at radius 1 is 1.23 bits per heavy atom. The van der Waals surface area contributed by atoms with E-state index in [2.05, 4.69) is 12.7 Å². The van der Waals surface area contributed by atoms with Gasteiger partial charge in [0.25, 0.3) is 0 Å². The van der Waals surface area contributed by atoms with Gasteiger partial charge in [-0.1, -0.05) is 24.8 Å². The van der Waals surface area contributed by atoms with E-state index in [0.29, 0.717) is 13.2 Å². The Hall–Kier alpha value is -0.600. The van der Waals surface area contributed by atoms with Crippen molar-refractivity contribution in [3.63, 3.8) is 0 Å². The Morgan fingerprint density at radius 2 is 1.85 bits per heavy atom. The molecule has 2 heteroatoms. The summed E-state index contributed by atoms with van der Waals surface area (Å²) in [6.45, 7) is 8.96. The molecule has 0 amide bonds. The summed E-state index contributed by atoms with van der Waals surface area (Å²) in [6.07, 6.45) is 7.61. The number of ether oxygens (including phenoxy) is 2. The molecule has 0 aromatic carbocycles. The second kappa shape index (κ2) is 9.49. The summed E-state index contributed by atoms with van der Waals surface area (Å²) < 4.78 is 10.8. The van der Waals surface area contributed by atoms with E-state index in [0.717, 1.165) is 12.8 Å². The minimum absolute atomic E-state index is 0.0514. The Balaban J connectivity index is 3.54. The third kappa shape index (κ3) is 7.75. The normalized spacial score (nSPS) is 11.3. The summed E-state index contributed by atoms with van der Waals surface area (Å²) in [4.78, 5) is 0. The summed E-state index contributed by atoms with van der Waals surface area (Å²) in [7, 11) is 0. The molecule has 0 saturated heterocycles. The Labute approximate surface area is 81.2 Å². The quantitative estimate of drug-likeness (QED) is 0.426. The highest BCUT2D eigenvalue weighted by Crippen LogP contribution is 2.04. The molecule has 0 aromatic rings. The van der Waals surface area contributed by atoms with Gasteiger partial charge < -0.3 is 9.47 Å². The van der Waals surface area contributed by atoms with Gasteiger partial charge in [0, 0.05) is 19.6 Å². The van der Waals surface area contributed by atoms with Crippen LogP contribution in [0.4, 0.5) is 0 Å². The van der Waals surface area contributed by atoms with E-state index in [1.807, 2.05) is 19.9 Å². The van der Waals surface area contributed by atoms with E-state index >= 15 is 0 Å². The van der Waals surface area contributed by atoms with Crippen LogP contribution < -0.4 is 0 Å². The van der Waals surface area contributed by atoms with Crippen LogP contribution in [0.2, 0.25) is 0 Å². The molecular formula is C11H20O2. The van der Waals surface area contributed by atoms with Gasteiger partial charge in [0.05, 0.1) is 0 Å². The predicted octanol–water partition coefficient (Wildman–Crippen LogP) is 2.91. The summed E-state index contributed by atoms with van der Waals surface area (Å²) >= 11 is 0. The first kappa shape index (κ1) is 12.4. The van der Waals surface area contributed by atoms with Crippen LogP contribution in [0.5, 0.6) is 0 Å². The van der Waals surface area contributed by atoms with Crippen LogP contribution in [0.15, 0.2) is 24.8 Å². The summed E-state index contributed by atoms with van der Waals surface area (Å²) in [5, 5.41) is 0. The molecule has 13 heavy (non-hydrogen) atoms. The zero-order chi connectivity index (χ0) is 9.94. The lowest BCUT2D eigenvalue weighted by Crippen LogP contribution is -2.16. The van der Waals surface area contributed by atoms with Gasteiger partial charge in [0.2, 0.25) is 0 Å². The van der Waals surface area contributed by atoms with Gasteiger partial charge in [-0.3, -0.25) is 0 Å². The fourth-order valence-corrected chi connectivity index (χ4v) is 1.01. The highest BCUT2D eigenvalue weighted by atomic mass is 16.7. The first-order valence-corrected chi connectivity index (χ1v) is 4.85. The van der Waals surface area contributed by atoms with Crippen molar-refractivity contribution in [2.24, 2.45) is 0 Å². The molecular weight excluding hydrogens is 164 g/mol. The van der Waals surface area contributed by atoms with Crippen molar-refractivity contribution in [2.45, 2.75) is 33.0 Å². The molecule has 0 unspecified atom stereocenters. The molecule has 0 aliphatic carbocycles. The van der Waals surface area contributed by atoms with Crippen molar-refractivity contribution in [3.8, 4) is 0 Å². The summed E-state index contributed by atoms with van der Waals surface area (Å²) in [5.74, 6) is 0. The van der Waals surface area contributed by atoms with E-state index in [4.69, 9.17) is 9.47 Å². The Kier molecular flexibility index (Phi) is 9.05. The van der Waals surface area contributed by atoms with Crippen molar-refractivity contribution in [1.82, 2.24) is 0 Å². The molecule has 0 aliphatic rings. The van der Waals surface area contributed by atoms with Gasteiger partial charge in [0.1, 0.15) is 0 Å². The molecule has 0 bridgehead atoms. The van der Waals surface area contributed by atoms with Crippen LogP contribution in [-0.4, -0.2) is 19.5 Å². The van der Waals surface area contributed by atoms with E-state index in [-0.39, 0.29) is 6.29 Å². The molecule has 0 heterocycles. The van der Waals surface area contributed by atoms with Crippen molar-refractivity contribution in [1.29, 1.82) is 0 Å². The van der Waals surface area contributed by atoms with Crippen LogP contribution >= 0.6 is 0 Å². The molecule has 0 atom stereocenters. The molecule has 0 fully saturated rings. The van der Waals surface area contributed by atoms with Crippen molar-refractivity contribution in [3.05, 3.63) is 24.8 Å². The van der Waals surface area contributed by atoms with Gasteiger partial charge in [-0.25, -0.2) is 0 Å². The molecule has 0 rings (SSSR count). The van der Waals surface area contributed by atoms with Crippen LogP contribution in [0, 0.1) is 0 Å². The SMILES string of the molecule is C=C/C=C/CCC(OCC)OCC. The molecule has 0 N–H and O–H groups in total. The van der Waals surface area contributed by atoms with Crippen LogP contribution in [-0.2, 0) is 9.47 Å². The van der Waals surface area contributed by atoms with Crippen LogP contribution in [0.25, 0.3) is 0 Å². The van der Waals surface area contributed by atoms with Crippen molar-refractivity contribution in [2.75, 3.05) is 13.2 Å². The standard InChI is InChI=1S/C11H20O2/c1-4-7-8-9-10-11(12-5-2)13-6-3/h4,7-8,11H,1,5-6,9-10H2,2-3H3/b8-7+. The lowest BCUT2D eigenvalue weighted by atomic mass is 10.3. The van der Waals surface area contributed by atoms with Gasteiger partial charge in [-0.05, 0) is 20.3 Å². The number of hydrogen-bond donors (Lipinski definition) is 0. The number of rotatable bonds is 8. The molecule has 0 aliphatic heterocycles. The van der Waals surface area contributed by atoms with Crippen molar-refractivity contribution >= 4 is 0 Å². The van der Waals surface area contributed by atoms with E-state index in [1.54, 1.807) is 6.08 Å². The average Bonchev–Trinajstić information content (AvgIpc) is 2.13. The molecule has 0 spiro atoms. The second-order valence-electron chi connectivity index (χ2n) is 2.58. The van der Waals surface area contributed by atoms with Gasteiger partial charge in [-0.2, -0.15) is 0 Å². The molecule has 76 valence electrons. The zero-order valence-electron chi connectivity index (χ0n) is 8.66. The highest BCUT2D eigenvalue weighted by molar-refractivity contribution is 4.96. The first-order chi connectivity index (χ1) is 6.35. The Bertz CT molecular complexity index is 135. The van der Waals surface area contributed by atoms with Crippen LogP contribution in [0.3, 0.4) is 0 Å². The van der Waals surface area contributed by atoms with E-state index in [1.165, 1.54) is 0 Å². The maximum atomic E-state index is 5.38. The Morgan fingerprint density at radius 3 is 2.31 bits per heavy atom. The average molecular weight is 184 g/mol. The van der Waals surface area contributed by atoms with Crippen molar-refractivity contribution < 1.29 is 9.47 Å². The molecule has 0 aromatic heterocycles. The fraction of sp³-hybridized carbons (Fsp3) is 0.636. The van der Waals surface area contributed by atoms with Gasteiger partial charge in [-0.15, -0.1) is 0 Å². The fourth-order valence-electron chi connectivity index (χ4n) is 1.01. The largest absolute Gasteiger partial charge is 0.353 e. The summed E-state index contributed by atoms with van der Waals surface area (Å²) in [5.41, 5.74) is 0. The maximum Gasteiger partial charge on any atom is 0.157 e. The first-order valence-electron chi connectivity index (χ1n) is 4.85. The minimum atomic E-state index is -0.0514. The lowest BCUT2D eigenvalue weighted by Gasteiger charge is -2.15. The van der Waals surface area contributed by atoms with Crippen LogP contribution in [0.1, 0.15) is 26.7 Å². The smallest absolute Gasteiger partial charge is 0.157 e. The summed E-state index contributed by atoms with van der Waals surface area (Å²) in [6, 6.07) is 0.